The Hall–Kier alpha value is -2.82. The Morgan fingerprint density at radius 1 is 1.17 bits per heavy atom. The summed E-state index contributed by atoms with van der Waals surface area (Å²) in [5.74, 6) is -0.00605. The number of hydrogen-bond acceptors (Lipinski definition) is 4. The molecule has 0 heterocycles. The van der Waals surface area contributed by atoms with Crippen molar-refractivity contribution in [2.45, 2.75) is 19.3 Å². The Labute approximate surface area is 134 Å². The number of hydrogen-bond donors (Lipinski definition) is 3. The normalized spacial score (nSPS) is 20.1. The van der Waals surface area contributed by atoms with E-state index in [0.717, 1.165) is 6.42 Å². The molecule has 1 amide bonds. The molecular weight excluding hydrogens is 292 g/mol. The third-order valence-electron chi connectivity index (χ3n) is 4.06. The van der Waals surface area contributed by atoms with Gasteiger partial charge in [0.05, 0.1) is 5.71 Å². The van der Waals surface area contributed by atoms with Gasteiger partial charge in [0.2, 0.25) is 5.91 Å². The number of phenolic OH excluding ortho intramolecular Hbond substituents is 2. The molecule has 3 N–H and O–H groups in total. The lowest BCUT2D eigenvalue weighted by Crippen LogP contribution is -2.21. The van der Waals surface area contributed by atoms with Crippen molar-refractivity contribution in [1.29, 1.82) is 0 Å². The average molecular weight is 310 g/mol. The van der Waals surface area contributed by atoms with Crippen molar-refractivity contribution in [3.05, 3.63) is 59.7 Å². The number of nitrogens with one attached hydrogen (secondary N) is 1. The first-order valence-electron chi connectivity index (χ1n) is 7.47. The standard InChI is InChI=1S/C18H18N2O3/c1-11(14-8-7-13(21)9-17(14)22)19-20-18(23)16-10-15(16)12-5-3-2-4-6-12/h2-9,15-16,21-22H,10H2,1H3,(H,20,23)/b19-11+. The Balaban J connectivity index is 1.63. The lowest BCUT2D eigenvalue weighted by Gasteiger charge is -2.05. The molecule has 2 unspecified atom stereocenters. The topological polar surface area (TPSA) is 81.9 Å². The van der Waals surface area contributed by atoms with E-state index in [4.69, 9.17) is 0 Å². The van der Waals surface area contributed by atoms with E-state index in [0.29, 0.717) is 11.3 Å². The predicted molar refractivity (Wildman–Crippen MR) is 87.4 cm³/mol. The Kier molecular flexibility index (Phi) is 4.02. The first-order chi connectivity index (χ1) is 11.1. The number of aromatic hydroxyl groups is 2. The zero-order valence-electron chi connectivity index (χ0n) is 12.7. The summed E-state index contributed by atoms with van der Waals surface area (Å²) in [5.41, 5.74) is 4.68. The molecule has 5 nitrogen and oxygen atoms in total. The number of benzene rings is 2. The number of rotatable bonds is 4. The van der Waals surface area contributed by atoms with Crippen LogP contribution in [0.2, 0.25) is 0 Å². The average Bonchev–Trinajstić information content (AvgIpc) is 3.34. The van der Waals surface area contributed by atoms with Crippen LogP contribution in [-0.4, -0.2) is 21.8 Å². The molecule has 3 rings (SSSR count). The molecular formula is C18H18N2O3. The molecule has 0 bridgehead atoms. The fourth-order valence-electron chi connectivity index (χ4n) is 2.66. The van der Waals surface area contributed by atoms with Crippen molar-refractivity contribution in [3.63, 3.8) is 0 Å². The van der Waals surface area contributed by atoms with Crippen LogP contribution >= 0.6 is 0 Å². The zero-order valence-corrected chi connectivity index (χ0v) is 12.7. The Morgan fingerprint density at radius 2 is 1.91 bits per heavy atom. The minimum atomic E-state index is -0.114. The summed E-state index contributed by atoms with van der Waals surface area (Å²) < 4.78 is 0. The molecule has 2 aromatic carbocycles. The van der Waals surface area contributed by atoms with Gasteiger partial charge in [-0.1, -0.05) is 30.3 Å². The number of hydrazone groups is 1. The fourth-order valence-corrected chi connectivity index (χ4v) is 2.66. The third-order valence-corrected chi connectivity index (χ3v) is 4.06. The van der Waals surface area contributed by atoms with Crippen LogP contribution < -0.4 is 5.43 Å². The molecule has 0 aromatic heterocycles. The maximum absolute atomic E-state index is 12.1. The minimum Gasteiger partial charge on any atom is -0.508 e. The van der Waals surface area contributed by atoms with Gasteiger partial charge in [-0.15, -0.1) is 0 Å². The van der Waals surface area contributed by atoms with Crippen LogP contribution in [0, 0.1) is 5.92 Å². The number of carbonyl (C=O) groups is 1. The summed E-state index contributed by atoms with van der Waals surface area (Å²) in [6.45, 7) is 1.69. The van der Waals surface area contributed by atoms with E-state index in [1.165, 1.54) is 17.7 Å². The van der Waals surface area contributed by atoms with Gasteiger partial charge in [0.15, 0.2) is 0 Å². The van der Waals surface area contributed by atoms with E-state index in [9.17, 15) is 15.0 Å². The molecule has 0 saturated heterocycles. The molecule has 1 aliphatic rings. The van der Waals surface area contributed by atoms with Crippen LogP contribution in [0.25, 0.3) is 0 Å². The van der Waals surface area contributed by atoms with E-state index in [-0.39, 0.29) is 29.2 Å². The molecule has 118 valence electrons. The monoisotopic (exact) mass is 310 g/mol. The largest absolute Gasteiger partial charge is 0.508 e. The highest BCUT2D eigenvalue weighted by Gasteiger charge is 2.43. The van der Waals surface area contributed by atoms with Gasteiger partial charge < -0.3 is 10.2 Å². The van der Waals surface area contributed by atoms with E-state index in [2.05, 4.69) is 10.5 Å². The van der Waals surface area contributed by atoms with Crippen LogP contribution in [0.15, 0.2) is 53.6 Å². The van der Waals surface area contributed by atoms with Crippen molar-refractivity contribution < 1.29 is 15.0 Å². The summed E-state index contributed by atoms with van der Waals surface area (Å²) in [6.07, 6.45) is 0.828. The lowest BCUT2D eigenvalue weighted by atomic mass is 10.1. The highest BCUT2D eigenvalue weighted by Crippen LogP contribution is 2.47. The number of carbonyl (C=O) groups excluding carboxylic acids is 1. The van der Waals surface area contributed by atoms with Gasteiger partial charge in [0.25, 0.3) is 0 Å². The fraction of sp³-hybridized carbons (Fsp3) is 0.222. The molecule has 5 heteroatoms. The Morgan fingerprint density at radius 3 is 2.61 bits per heavy atom. The first-order valence-corrected chi connectivity index (χ1v) is 7.47. The third kappa shape index (κ3) is 3.34. The molecule has 0 radical (unpaired) electrons. The zero-order chi connectivity index (χ0) is 16.4. The smallest absolute Gasteiger partial charge is 0.243 e. The SMILES string of the molecule is C/C(=N\NC(=O)C1CC1c1ccccc1)c1ccc(O)cc1O. The molecule has 1 saturated carbocycles. The molecule has 23 heavy (non-hydrogen) atoms. The van der Waals surface area contributed by atoms with Gasteiger partial charge >= 0.3 is 0 Å². The van der Waals surface area contributed by atoms with Crippen LogP contribution in [0.3, 0.4) is 0 Å². The second-order valence-electron chi connectivity index (χ2n) is 5.73. The Bertz CT molecular complexity index is 756. The molecule has 0 spiro atoms. The summed E-state index contributed by atoms with van der Waals surface area (Å²) in [4.78, 5) is 12.1. The van der Waals surface area contributed by atoms with Gasteiger partial charge in [0.1, 0.15) is 11.5 Å². The van der Waals surface area contributed by atoms with Crippen molar-refractivity contribution in [1.82, 2.24) is 5.43 Å². The van der Waals surface area contributed by atoms with Crippen LogP contribution in [0.4, 0.5) is 0 Å². The van der Waals surface area contributed by atoms with Crippen LogP contribution in [-0.2, 0) is 4.79 Å². The maximum Gasteiger partial charge on any atom is 0.243 e. The van der Waals surface area contributed by atoms with E-state index >= 15 is 0 Å². The molecule has 2 atom stereocenters. The van der Waals surface area contributed by atoms with Gasteiger partial charge in [-0.3, -0.25) is 4.79 Å². The highest BCUT2D eigenvalue weighted by atomic mass is 16.3. The van der Waals surface area contributed by atoms with Crippen molar-refractivity contribution >= 4 is 11.6 Å². The maximum atomic E-state index is 12.1. The highest BCUT2D eigenvalue weighted by molar-refractivity contribution is 6.01. The number of amides is 1. The minimum absolute atomic E-state index is 0.0215. The quantitative estimate of drug-likeness (QED) is 0.600. The second kappa shape index (κ2) is 6.12. The van der Waals surface area contributed by atoms with Gasteiger partial charge in [-0.2, -0.15) is 5.10 Å². The summed E-state index contributed by atoms with van der Waals surface area (Å²) in [7, 11) is 0. The summed E-state index contributed by atoms with van der Waals surface area (Å²) in [6, 6.07) is 14.2. The number of phenols is 2. The van der Waals surface area contributed by atoms with E-state index in [1.54, 1.807) is 13.0 Å². The molecule has 1 aliphatic carbocycles. The predicted octanol–water partition coefficient (Wildman–Crippen LogP) is 2.74. The summed E-state index contributed by atoms with van der Waals surface area (Å²) in [5, 5.41) is 23.1. The van der Waals surface area contributed by atoms with Crippen LogP contribution in [0.1, 0.15) is 30.4 Å². The van der Waals surface area contributed by atoms with Crippen LogP contribution in [0.5, 0.6) is 11.5 Å². The second-order valence-corrected chi connectivity index (χ2v) is 5.73. The van der Waals surface area contributed by atoms with Gasteiger partial charge in [0, 0.05) is 17.5 Å². The number of nitrogens with zero attached hydrogens (tertiary/aromatic N) is 1. The van der Waals surface area contributed by atoms with Gasteiger partial charge in [-0.25, -0.2) is 5.43 Å². The molecule has 2 aromatic rings. The van der Waals surface area contributed by atoms with E-state index < -0.39 is 0 Å². The lowest BCUT2D eigenvalue weighted by molar-refractivity contribution is -0.122. The van der Waals surface area contributed by atoms with Crippen molar-refractivity contribution in [2.75, 3.05) is 0 Å². The molecule has 0 aliphatic heterocycles. The van der Waals surface area contributed by atoms with Gasteiger partial charge in [-0.05, 0) is 37.0 Å². The first kappa shape index (κ1) is 15.1. The summed E-state index contributed by atoms with van der Waals surface area (Å²) >= 11 is 0. The van der Waals surface area contributed by atoms with Crippen molar-refractivity contribution in [3.8, 4) is 11.5 Å². The van der Waals surface area contributed by atoms with E-state index in [1.807, 2.05) is 30.3 Å². The molecule has 1 fully saturated rings. The van der Waals surface area contributed by atoms with Crippen molar-refractivity contribution in [2.24, 2.45) is 11.0 Å².